The Morgan fingerprint density at radius 2 is 1.77 bits per heavy atom. The van der Waals surface area contributed by atoms with Crippen LogP contribution in [0.5, 0.6) is 0 Å². The van der Waals surface area contributed by atoms with E-state index in [-0.39, 0.29) is 11.5 Å². The summed E-state index contributed by atoms with van der Waals surface area (Å²) in [6, 6.07) is 13.5. The third-order valence-electron chi connectivity index (χ3n) is 4.24. The van der Waals surface area contributed by atoms with Gasteiger partial charge in [0, 0.05) is 24.5 Å². The van der Waals surface area contributed by atoms with Gasteiger partial charge in [0.2, 0.25) is 0 Å². The van der Waals surface area contributed by atoms with Crippen molar-refractivity contribution in [1.82, 2.24) is 19.6 Å². The lowest BCUT2D eigenvalue weighted by molar-refractivity contribution is -0.121. The number of para-hydroxylation sites is 1. The summed E-state index contributed by atoms with van der Waals surface area (Å²) in [5.74, 6) is 0.272. The minimum Gasteiger partial charge on any atom is -0.314 e. The summed E-state index contributed by atoms with van der Waals surface area (Å²) in [5.41, 5.74) is 2.18. The van der Waals surface area contributed by atoms with E-state index in [9.17, 15) is 9.59 Å². The maximum atomic E-state index is 12.8. The monoisotopic (exact) mass is 351 g/mol. The Morgan fingerprint density at radius 3 is 2.38 bits per heavy atom. The highest BCUT2D eigenvalue weighted by atomic mass is 16.2. The molecule has 0 saturated carbocycles. The van der Waals surface area contributed by atoms with Crippen LogP contribution in [0.15, 0.2) is 53.3 Å². The van der Waals surface area contributed by atoms with Gasteiger partial charge in [0.25, 0.3) is 11.5 Å². The number of carbonyl (C=O) groups excluding carboxylic acids is 1. The molecule has 0 saturated heterocycles. The Hall–Kier alpha value is -3.22. The van der Waals surface area contributed by atoms with Crippen LogP contribution in [0, 0.1) is 13.8 Å². The number of aromatic nitrogens is 4. The first-order chi connectivity index (χ1) is 12.4. The number of benzene rings is 1. The molecular weight excluding hydrogens is 330 g/mol. The van der Waals surface area contributed by atoms with Crippen molar-refractivity contribution in [3.05, 3.63) is 70.3 Å². The topological polar surface area (TPSA) is 73.0 Å². The standard InChI is InChI=1S/C19H21N5O2/c1-13-12-14(2)23(20-13)17-10-11-18(25)24(21-17)15(3)19(26)22(4)16-8-6-5-7-9-16/h5-12,15H,1-4H3. The molecule has 1 aromatic carbocycles. The van der Waals surface area contributed by atoms with E-state index in [2.05, 4.69) is 10.2 Å². The van der Waals surface area contributed by atoms with Gasteiger partial charge in [-0.1, -0.05) is 18.2 Å². The van der Waals surface area contributed by atoms with E-state index in [1.165, 1.54) is 15.6 Å². The average molecular weight is 351 g/mol. The lowest BCUT2D eigenvalue weighted by Crippen LogP contribution is -2.38. The minimum absolute atomic E-state index is 0.226. The predicted molar refractivity (Wildman–Crippen MR) is 99.7 cm³/mol. The number of likely N-dealkylation sites (N-methyl/N-ethyl adjacent to an activating group) is 1. The van der Waals surface area contributed by atoms with Crippen molar-refractivity contribution in [2.24, 2.45) is 0 Å². The van der Waals surface area contributed by atoms with Crippen molar-refractivity contribution >= 4 is 11.6 Å². The van der Waals surface area contributed by atoms with E-state index in [1.54, 1.807) is 24.7 Å². The van der Waals surface area contributed by atoms with Crippen molar-refractivity contribution < 1.29 is 4.79 Å². The highest BCUT2D eigenvalue weighted by molar-refractivity contribution is 5.95. The van der Waals surface area contributed by atoms with E-state index in [4.69, 9.17) is 0 Å². The molecule has 1 atom stereocenters. The van der Waals surface area contributed by atoms with E-state index in [1.807, 2.05) is 50.2 Å². The molecule has 0 fully saturated rings. The van der Waals surface area contributed by atoms with Gasteiger partial charge in [-0.05, 0) is 45.0 Å². The molecule has 3 aromatic rings. The minimum atomic E-state index is -0.746. The Kier molecular flexibility index (Phi) is 4.71. The molecule has 0 bridgehead atoms. The number of rotatable bonds is 4. The maximum absolute atomic E-state index is 12.8. The van der Waals surface area contributed by atoms with Crippen LogP contribution < -0.4 is 10.5 Å². The summed E-state index contributed by atoms with van der Waals surface area (Å²) >= 11 is 0. The fraction of sp³-hybridized carbons (Fsp3) is 0.263. The fourth-order valence-corrected chi connectivity index (χ4v) is 2.83. The normalized spacial score (nSPS) is 12.0. The van der Waals surface area contributed by atoms with Gasteiger partial charge in [-0.15, -0.1) is 5.10 Å². The SMILES string of the molecule is Cc1cc(C)n(-c2ccc(=O)n(C(C)C(=O)N(C)c3ccccc3)n2)n1. The molecule has 0 N–H and O–H groups in total. The van der Waals surface area contributed by atoms with E-state index < -0.39 is 6.04 Å². The molecule has 1 unspecified atom stereocenters. The van der Waals surface area contributed by atoms with Crippen LogP contribution in [0.1, 0.15) is 24.4 Å². The molecule has 0 aliphatic carbocycles. The van der Waals surface area contributed by atoms with Crippen molar-refractivity contribution in [2.45, 2.75) is 26.8 Å². The second-order valence-electron chi connectivity index (χ2n) is 6.22. The smallest absolute Gasteiger partial charge is 0.267 e. The third kappa shape index (κ3) is 3.28. The van der Waals surface area contributed by atoms with E-state index >= 15 is 0 Å². The average Bonchev–Trinajstić information content (AvgIpc) is 2.99. The molecule has 134 valence electrons. The van der Waals surface area contributed by atoms with E-state index in [0.29, 0.717) is 5.82 Å². The molecule has 3 rings (SSSR count). The van der Waals surface area contributed by atoms with Gasteiger partial charge in [-0.3, -0.25) is 9.59 Å². The number of hydrogen-bond donors (Lipinski definition) is 0. The lowest BCUT2D eigenvalue weighted by atomic mass is 10.2. The molecule has 1 amide bonds. The summed E-state index contributed by atoms with van der Waals surface area (Å²) in [6.45, 7) is 5.47. The molecular formula is C19H21N5O2. The number of carbonyl (C=O) groups is 1. The fourth-order valence-electron chi connectivity index (χ4n) is 2.83. The predicted octanol–water partition coefficient (Wildman–Crippen LogP) is 2.27. The Bertz CT molecular complexity index is 991. The molecule has 7 nitrogen and oxygen atoms in total. The zero-order valence-electron chi connectivity index (χ0n) is 15.2. The zero-order valence-corrected chi connectivity index (χ0v) is 15.2. The van der Waals surface area contributed by atoms with Gasteiger partial charge in [0.1, 0.15) is 6.04 Å². The zero-order chi connectivity index (χ0) is 18.8. The highest BCUT2D eigenvalue weighted by Gasteiger charge is 2.22. The Balaban J connectivity index is 1.95. The molecule has 0 aliphatic rings. The maximum Gasteiger partial charge on any atom is 0.267 e. The van der Waals surface area contributed by atoms with Crippen LogP contribution >= 0.6 is 0 Å². The second-order valence-corrected chi connectivity index (χ2v) is 6.22. The van der Waals surface area contributed by atoms with Crippen LogP contribution in [0.25, 0.3) is 5.82 Å². The molecule has 2 heterocycles. The summed E-state index contributed by atoms with van der Waals surface area (Å²) in [4.78, 5) is 26.6. The number of anilines is 1. The van der Waals surface area contributed by atoms with Crippen LogP contribution in [0.4, 0.5) is 5.69 Å². The van der Waals surface area contributed by atoms with Crippen molar-refractivity contribution in [2.75, 3.05) is 11.9 Å². The number of nitrogens with zero attached hydrogens (tertiary/aromatic N) is 5. The molecule has 2 aromatic heterocycles. The summed E-state index contributed by atoms with van der Waals surface area (Å²) in [7, 11) is 1.68. The van der Waals surface area contributed by atoms with Crippen LogP contribution in [-0.4, -0.2) is 32.5 Å². The van der Waals surface area contributed by atoms with Crippen LogP contribution in [0.2, 0.25) is 0 Å². The quantitative estimate of drug-likeness (QED) is 0.723. The number of aryl methyl sites for hydroxylation is 2. The van der Waals surface area contributed by atoms with Gasteiger partial charge in [0.05, 0.1) is 5.69 Å². The Labute approximate surface area is 151 Å². The first kappa shape index (κ1) is 17.6. The third-order valence-corrected chi connectivity index (χ3v) is 4.24. The van der Waals surface area contributed by atoms with Gasteiger partial charge in [0.15, 0.2) is 5.82 Å². The van der Waals surface area contributed by atoms with Gasteiger partial charge in [-0.2, -0.15) is 5.10 Å². The summed E-state index contributed by atoms with van der Waals surface area (Å²) < 4.78 is 2.86. The molecule has 0 aliphatic heterocycles. The van der Waals surface area contributed by atoms with Gasteiger partial charge in [-0.25, -0.2) is 9.36 Å². The molecule has 0 radical (unpaired) electrons. The van der Waals surface area contributed by atoms with Crippen LogP contribution in [-0.2, 0) is 4.79 Å². The highest BCUT2D eigenvalue weighted by Crippen LogP contribution is 2.16. The van der Waals surface area contributed by atoms with E-state index in [0.717, 1.165) is 17.1 Å². The largest absolute Gasteiger partial charge is 0.314 e. The van der Waals surface area contributed by atoms with Gasteiger partial charge < -0.3 is 4.90 Å². The molecule has 26 heavy (non-hydrogen) atoms. The van der Waals surface area contributed by atoms with Crippen molar-refractivity contribution in [1.29, 1.82) is 0 Å². The summed E-state index contributed by atoms with van der Waals surface area (Å²) in [5, 5.41) is 8.75. The van der Waals surface area contributed by atoms with Crippen molar-refractivity contribution in [3.8, 4) is 5.82 Å². The van der Waals surface area contributed by atoms with Crippen molar-refractivity contribution in [3.63, 3.8) is 0 Å². The Morgan fingerprint density at radius 1 is 1.08 bits per heavy atom. The second kappa shape index (κ2) is 6.95. The summed E-state index contributed by atoms with van der Waals surface area (Å²) in [6.07, 6.45) is 0. The van der Waals surface area contributed by atoms with Gasteiger partial charge >= 0.3 is 0 Å². The number of hydrogen-bond acceptors (Lipinski definition) is 4. The first-order valence-corrected chi connectivity index (χ1v) is 8.34. The van der Waals surface area contributed by atoms with Crippen LogP contribution in [0.3, 0.4) is 0 Å². The number of amides is 1. The lowest BCUT2D eigenvalue weighted by Gasteiger charge is -2.22. The molecule has 7 heteroatoms. The first-order valence-electron chi connectivity index (χ1n) is 8.34. The molecule has 0 spiro atoms.